The first-order valence-electron chi connectivity index (χ1n) is 5.02. The molecule has 0 aliphatic carbocycles. The maximum Gasteiger partial charge on any atom is 0.137 e. The summed E-state index contributed by atoms with van der Waals surface area (Å²) in [4.78, 5) is 4.16. The number of rotatable bonds is 6. The molecule has 1 rings (SSSR count). The van der Waals surface area contributed by atoms with Gasteiger partial charge in [0.1, 0.15) is 11.6 Å². The molecule has 1 aromatic heterocycles. The number of nitrogens with one attached hydrogen (secondary N) is 1. The quantitative estimate of drug-likeness (QED) is 0.794. The lowest BCUT2D eigenvalue weighted by Gasteiger charge is -2.22. The van der Waals surface area contributed by atoms with Crippen LogP contribution in [0, 0.1) is 0 Å². The van der Waals surface area contributed by atoms with Gasteiger partial charge in [-0.25, -0.2) is 4.98 Å². The highest BCUT2D eigenvalue weighted by Crippen LogP contribution is 2.14. The molecule has 5 heteroatoms. The van der Waals surface area contributed by atoms with Crippen molar-refractivity contribution in [1.29, 1.82) is 0 Å². The van der Waals surface area contributed by atoms with Crippen molar-refractivity contribution in [2.45, 2.75) is 12.5 Å². The van der Waals surface area contributed by atoms with Crippen molar-refractivity contribution >= 4 is 17.6 Å². The molecule has 0 fully saturated rings. The standard InChI is InChI=1S/C11H18N2O2S/c1-11(14,8-16-3)7-13-10-5-4-9(15-2)6-12-10/h4-6,14H,7-8H2,1-3H3,(H,12,13). The Bertz CT molecular complexity index is 314. The van der Waals surface area contributed by atoms with Gasteiger partial charge in [0.05, 0.1) is 18.9 Å². The summed E-state index contributed by atoms with van der Waals surface area (Å²) >= 11 is 1.62. The van der Waals surface area contributed by atoms with E-state index in [0.29, 0.717) is 12.3 Å². The highest BCUT2D eigenvalue weighted by molar-refractivity contribution is 7.98. The third-order valence-electron chi connectivity index (χ3n) is 2.08. The maximum atomic E-state index is 9.94. The Morgan fingerprint density at radius 2 is 2.31 bits per heavy atom. The second kappa shape index (κ2) is 5.96. The van der Waals surface area contributed by atoms with Gasteiger partial charge in [0.2, 0.25) is 0 Å². The van der Waals surface area contributed by atoms with Crippen LogP contribution in [0.2, 0.25) is 0 Å². The van der Waals surface area contributed by atoms with Gasteiger partial charge in [0.15, 0.2) is 0 Å². The average Bonchev–Trinajstić information content (AvgIpc) is 2.27. The monoisotopic (exact) mass is 242 g/mol. The molecule has 1 unspecified atom stereocenters. The maximum absolute atomic E-state index is 9.94. The molecular weight excluding hydrogens is 224 g/mol. The normalized spacial score (nSPS) is 14.2. The van der Waals surface area contributed by atoms with Crippen LogP contribution in [0.15, 0.2) is 18.3 Å². The van der Waals surface area contributed by atoms with Gasteiger partial charge >= 0.3 is 0 Å². The highest BCUT2D eigenvalue weighted by Gasteiger charge is 2.19. The Morgan fingerprint density at radius 3 is 2.81 bits per heavy atom. The van der Waals surface area contributed by atoms with E-state index in [-0.39, 0.29) is 0 Å². The molecule has 0 saturated carbocycles. The third kappa shape index (κ3) is 4.28. The van der Waals surface area contributed by atoms with Crippen molar-refractivity contribution in [3.05, 3.63) is 18.3 Å². The van der Waals surface area contributed by atoms with Crippen molar-refractivity contribution < 1.29 is 9.84 Å². The molecule has 0 aliphatic rings. The first kappa shape index (κ1) is 13.1. The van der Waals surface area contributed by atoms with E-state index in [2.05, 4.69) is 10.3 Å². The Kier molecular flexibility index (Phi) is 4.89. The molecule has 0 aromatic carbocycles. The molecule has 2 N–H and O–H groups in total. The lowest BCUT2D eigenvalue weighted by atomic mass is 10.1. The Balaban J connectivity index is 2.48. The van der Waals surface area contributed by atoms with Crippen molar-refractivity contribution in [1.82, 2.24) is 4.98 Å². The summed E-state index contributed by atoms with van der Waals surface area (Å²) in [5, 5.41) is 13.0. The number of hydrogen-bond donors (Lipinski definition) is 2. The molecule has 0 radical (unpaired) electrons. The van der Waals surface area contributed by atoms with Crippen LogP contribution in [-0.2, 0) is 0 Å². The van der Waals surface area contributed by atoms with Crippen LogP contribution in [0.3, 0.4) is 0 Å². The van der Waals surface area contributed by atoms with Gasteiger partial charge in [0.25, 0.3) is 0 Å². The van der Waals surface area contributed by atoms with Crippen molar-refractivity contribution in [3.8, 4) is 5.75 Å². The predicted octanol–water partition coefficient (Wildman–Crippen LogP) is 1.62. The van der Waals surface area contributed by atoms with Crippen molar-refractivity contribution in [2.24, 2.45) is 0 Å². The van der Waals surface area contributed by atoms with Crippen LogP contribution >= 0.6 is 11.8 Å². The first-order chi connectivity index (χ1) is 7.57. The number of methoxy groups -OCH3 is 1. The number of hydrogen-bond acceptors (Lipinski definition) is 5. The number of aromatic nitrogens is 1. The van der Waals surface area contributed by atoms with Crippen LogP contribution in [0.25, 0.3) is 0 Å². The van der Waals surface area contributed by atoms with E-state index in [1.165, 1.54) is 0 Å². The summed E-state index contributed by atoms with van der Waals surface area (Å²) in [6, 6.07) is 3.66. The van der Waals surface area contributed by atoms with E-state index in [1.54, 1.807) is 32.0 Å². The molecule has 0 bridgehead atoms. The minimum atomic E-state index is -0.721. The number of thioether (sulfide) groups is 1. The molecule has 1 atom stereocenters. The largest absolute Gasteiger partial charge is 0.495 e. The average molecular weight is 242 g/mol. The second-order valence-corrected chi connectivity index (χ2v) is 4.73. The molecule has 1 aromatic rings. The van der Waals surface area contributed by atoms with E-state index in [1.807, 2.05) is 18.4 Å². The van der Waals surface area contributed by atoms with Crippen LogP contribution < -0.4 is 10.1 Å². The summed E-state index contributed by atoms with van der Waals surface area (Å²) < 4.78 is 5.01. The van der Waals surface area contributed by atoms with E-state index in [0.717, 1.165) is 11.6 Å². The van der Waals surface area contributed by atoms with Gasteiger partial charge in [-0.3, -0.25) is 0 Å². The summed E-state index contributed by atoms with van der Waals surface area (Å²) in [7, 11) is 1.60. The van der Waals surface area contributed by atoms with E-state index in [9.17, 15) is 5.11 Å². The molecule has 0 amide bonds. The van der Waals surface area contributed by atoms with Crippen LogP contribution in [0.1, 0.15) is 6.92 Å². The van der Waals surface area contributed by atoms with Gasteiger partial charge in [-0.15, -0.1) is 0 Å². The van der Waals surface area contributed by atoms with Gasteiger partial charge in [-0.2, -0.15) is 11.8 Å². The molecule has 0 spiro atoms. The smallest absolute Gasteiger partial charge is 0.137 e. The molecule has 4 nitrogen and oxygen atoms in total. The SMILES string of the molecule is COc1ccc(NCC(C)(O)CSC)nc1. The zero-order chi connectivity index (χ0) is 12.0. The fourth-order valence-electron chi connectivity index (χ4n) is 1.25. The number of nitrogens with zero attached hydrogens (tertiary/aromatic N) is 1. The number of ether oxygens (including phenoxy) is 1. The minimum Gasteiger partial charge on any atom is -0.495 e. The Morgan fingerprint density at radius 1 is 1.56 bits per heavy atom. The van der Waals surface area contributed by atoms with Gasteiger partial charge in [-0.1, -0.05) is 0 Å². The van der Waals surface area contributed by atoms with Crippen LogP contribution in [-0.4, -0.2) is 41.4 Å². The molecular formula is C11H18N2O2S. The Hall–Kier alpha value is -0.940. The highest BCUT2D eigenvalue weighted by atomic mass is 32.2. The summed E-state index contributed by atoms with van der Waals surface area (Å²) in [6.45, 7) is 2.28. The lowest BCUT2D eigenvalue weighted by molar-refractivity contribution is 0.0996. The van der Waals surface area contributed by atoms with E-state index >= 15 is 0 Å². The van der Waals surface area contributed by atoms with Gasteiger partial charge < -0.3 is 15.2 Å². The molecule has 0 aliphatic heterocycles. The van der Waals surface area contributed by atoms with Crippen molar-refractivity contribution in [2.75, 3.05) is 31.0 Å². The van der Waals surface area contributed by atoms with Crippen molar-refractivity contribution in [3.63, 3.8) is 0 Å². The molecule has 90 valence electrons. The van der Waals surface area contributed by atoms with E-state index in [4.69, 9.17) is 4.74 Å². The number of anilines is 1. The van der Waals surface area contributed by atoms with Crippen LogP contribution in [0.4, 0.5) is 5.82 Å². The fourth-order valence-corrected chi connectivity index (χ4v) is 1.97. The topological polar surface area (TPSA) is 54.4 Å². The first-order valence-corrected chi connectivity index (χ1v) is 6.42. The third-order valence-corrected chi connectivity index (χ3v) is 2.99. The Labute approximate surface area is 100 Å². The fraction of sp³-hybridized carbons (Fsp3) is 0.545. The summed E-state index contributed by atoms with van der Waals surface area (Å²) in [5.41, 5.74) is -0.721. The molecule has 16 heavy (non-hydrogen) atoms. The second-order valence-electron chi connectivity index (χ2n) is 3.87. The lowest BCUT2D eigenvalue weighted by Crippen LogP contribution is -2.36. The summed E-state index contributed by atoms with van der Waals surface area (Å²) in [5.74, 6) is 2.15. The summed E-state index contributed by atoms with van der Waals surface area (Å²) in [6.07, 6.45) is 3.62. The van der Waals surface area contributed by atoms with Gasteiger partial charge in [-0.05, 0) is 25.3 Å². The zero-order valence-electron chi connectivity index (χ0n) is 9.86. The minimum absolute atomic E-state index is 0.479. The van der Waals surface area contributed by atoms with Crippen LogP contribution in [0.5, 0.6) is 5.75 Å². The van der Waals surface area contributed by atoms with Gasteiger partial charge in [0, 0.05) is 12.3 Å². The molecule has 0 saturated heterocycles. The number of aliphatic hydroxyl groups is 1. The predicted molar refractivity (Wildman–Crippen MR) is 68.3 cm³/mol. The zero-order valence-corrected chi connectivity index (χ0v) is 10.7. The van der Waals surface area contributed by atoms with E-state index < -0.39 is 5.60 Å². The molecule has 1 heterocycles. The number of pyridine rings is 1.